The van der Waals surface area contributed by atoms with E-state index < -0.39 is 0 Å². The normalized spacial score (nSPS) is 14.2. The van der Waals surface area contributed by atoms with Gasteiger partial charge in [0, 0.05) is 0 Å². The molecule has 0 aliphatic carbocycles. The molecule has 0 spiro atoms. The van der Waals surface area contributed by atoms with Gasteiger partial charge in [-0.2, -0.15) is 0 Å². The second-order valence-corrected chi connectivity index (χ2v) is 6.34. The average Bonchev–Trinajstić information content (AvgIpc) is 2.46. The zero-order valence-electron chi connectivity index (χ0n) is 14.1. The Morgan fingerprint density at radius 3 is 1.80 bits per heavy atom. The van der Waals surface area contributed by atoms with Gasteiger partial charge in [0.25, 0.3) is 0 Å². The SMILES string of the molecule is C=CCCCCCCCCCC(O)(CC)CCCCC. The van der Waals surface area contributed by atoms with Crippen molar-refractivity contribution >= 4 is 0 Å². The summed E-state index contributed by atoms with van der Waals surface area (Å²) in [6, 6.07) is 0. The van der Waals surface area contributed by atoms with Crippen LogP contribution in [0.3, 0.4) is 0 Å². The molecule has 0 rings (SSSR count). The molecule has 0 saturated carbocycles. The number of hydrogen-bond donors (Lipinski definition) is 1. The first-order chi connectivity index (χ1) is 9.68. The van der Waals surface area contributed by atoms with Crippen LogP contribution < -0.4 is 0 Å². The fraction of sp³-hybridized carbons (Fsp3) is 0.895. The summed E-state index contributed by atoms with van der Waals surface area (Å²) in [5, 5.41) is 10.5. The molecule has 120 valence electrons. The number of hydrogen-bond acceptors (Lipinski definition) is 1. The maximum Gasteiger partial charge on any atom is 0.0645 e. The lowest BCUT2D eigenvalue weighted by Crippen LogP contribution is -2.27. The molecular formula is C19H38O. The molecule has 0 amide bonds. The molecule has 0 radical (unpaired) electrons. The van der Waals surface area contributed by atoms with Gasteiger partial charge in [0.1, 0.15) is 0 Å². The third-order valence-electron chi connectivity index (χ3n) is 4.45. The summed E-state index contributed by atoms with van der Waals surface area (Å²) in [6.07, 6.45) is 19.0. The number of rotatable bonds is 15. The largest absolute Gasteiger partial charge is 0.390 e. The summed E-state index contributed by atoms with van der Waals surface area (Å²) in [6.45, 7) is 8.11. The predicted molar refractivity (Wildman–Crippen MR) is 91.1 cm³/mol. The monoisotopic (exact) mass is 282 g/mol. The van der Waals surface area contributed by atoms with Gasteiger partial charge in [-0.1, -0.05) is 77.7 Å². The summed E-state index contributed by atoms with van der Waals surface area (Å²) < 4.78 is 0. The molecule has 0 aromatic heterocycles. The van der Waals surface area contributed by atoms with E-state index in [0.29, 0.717) is 0 Å². The van der Waals surface area contributed by atoms with Crippen molar-refractivity contribution in [1.82, 2.24) is 0 Å². The fourth-order valence-corrected chi connectivity index (χ4v) is 2.81. The van der Waals surface area contributed by atoms with Crippen LogP contribution in [0.4, 0.5) is 0 Å². The maximum atomic E-state index is 10.5. The van der Waals surface area contributed by atoms with Crippen molar-refractivity contribution in [3.63, 3.8) is 0 Å². The Labute approximate surface area is 127 Å². The van der Waals surface area contributed by atoms with Crippen LogP contribution in [-0.2, 0) is 0 Å². The number of allylic oxidation sites excluding steroid dienone is 1. The molecule has 0 aliphatic heterocycles. The molecule has 1 N–H and O–H groups in total. The second kappa shape index (κ2) is 13.7. The van der Waals surface area contributed by atoms with E-state index in [1.54, 1.807) is 0 Å². The van der Waals surface area contributed by atoms with Gasteiger partial charge in [0.15, 0.2) is 0 Å². The zero-order chi connectivity index (χ0) is 15.1. The first kappa shape index (κ1) is 19.7. The second-order valence-electron chi connectivity index (χ2n) is 6.34. The lowest BCUT2D eigenvalue weighted by molar-refractivity contribution is 0.0141. The highest BCUT2D eigenvalue weighted by Gasteiger charge is 2.22. The van der Waals surface area contributed by atoms with Crippen LogP contribution in [0.25, 0.3) is 0 Å². The van der Waals surface area contributed by atoms with Crippen molar-refractivity contribution in [2.75, 3.05) is 0 Å². The number of unbranched alkanes of at least 4 members (excludes halogenated alkanes) is 9. The van der Waals surface area contributed by atoms with Gasteiger partial charge in [-0.15, -0.1) is 6.58 Å². The van der Waals surface area contributed by atoms with Crippen LogP contribution in [0.15, 0.2) is 12.7 Å². The topological polar surface area (TPSA) is 20.2 Å². The minimum absolute atomic E-state index is 0.376. The Kier molecular flexibility index (Phi) is 13.5. The Morgan fingerprint density at radius 2 is 1.30 bits per heavy atom. The molecule has 0 aromatic rings. The third kappa shape index (κ3) is 11.5. The van der Waals surface area contributed by atoms with Gasteiger partial charge in [-0.3, -0.25) is 0 Å². The van der Waals surface area contributed by atoms with E-state index in [1.807, 2.05) is 6.08 Å². The van der Waals surface area contributed by atoms with Crippen LogP contribution in [0, 0.1) is 0 Å². The van der Waals surface area contributed by atoms with Gasteiger partial charge in [-0.05, 0) is 32.1 Å². The number of aliphatic hydroxyl groups is 1. The van der Waals surface area contributed by atoms with Crippen molar-refractivity contribution in [3.8, 4) is 0 Å². The van der Waals surface area contributed by atoms with E-state index in [-0.39, 0.29) is 5.60 Å². The van der Waals surface area contributed by atoms with Gasteiger partial charge >= 0.3 is 0 Å². The van der Waals surface area contributed by atoms with E-state index >= 15 is 0 Å². The minimum Gasteiger partial charge on any atom is -0.390 e. The molecular weight excluding hydrogens is 244 g/mol. The van der Waals surface area contributed by atoms with E-state index in [9.17, 15) is 5.11 Å². The molecule has 1 nitrogen and oxygen atoms in total. The van der Waals surface area contributed by atoms with Crippen molar-refractivity contribution in [2.45, 2.75) is 109 Å². The fourth-order valence-electron chi connectivity index (χ4n) is 2.81. The molecule has 0 aliphatic rings. The lowest BCUT2D eigenvalue weighted by Gasteiger charge is -2.27. The molecule has 20 heavy (non-hydrogen) atoms. The smallest absolute Gasteiger partial charge is 0.0645 e. The Hall–Kier alpha value is -0.300. The molecule has 0 heterocycles. The van der Waals surface area contributed by atoms with Gasteiger partial charge in [0.05, 0.1) is 5.60 Å². The summed E-state index contributed by atoms with van der Waals surface area (Å²) in [5.41, 5.74) is -0.376. The van der Waals surface area contributed by atoms with Crippen molar-refractivity contribution in [1.29, 1.82) is 0 Å². The molecule has 0 bridgehead atoms. The van der Waals surface area contributed by atoms with Crippen molar-refractivity contribution in [3.05, 3.63) is 12.7 Å². The van der Waals surface area contributed by atoms with Crippen LogP contribution in [0.5, 0.6) is 0 Å². The van der Waals surface area contributed by atoms with Crippen LogP contribution in [0.1, 0.15) is 104 Å². The first-order valence-corrected chi connectivity index (χ1v) is 9.01. The standard InChI is InChI=1S/C19H38O/c1-4-7-9-10-11-12-13-14-16-18-19(20,6-3)17-15-8-5-2/h4,20H,1,5-18H2,2-3H3. The summed E-state index contributed by atoms with van der Waals surface area (Å²) in [7, 11) is 0. The van der Waals surface area contributed by atoms with E-state index in [0.717, 1.165) is 19.3 Å². The van der Waals surface area contributed by atoms with Crippen molar-refractivity contribution in [2.24, 2.45) is 0 Å². The van der Waals surface area contributed by atoms with E-state index in [2.05, 4.69) is 20.4 Å². The third-order valence-corrected chi connectivity index (χ3v) is 4.45. The lowest BCUT2D eigenvalue weighted by atomic mass is 9.88. The highest BCUT2D eigenvalue weighted by Crippen LogP contribution is 2.25. The Morgan fingerprint density at radius 1 is 0.800 bits per heavy atom. The molecule has 1 unspecified atom stereocenters. The van der Waals surface area contributed by atoms with E-state index in [4.69, 9.17) is 0 Å². The highest BCUT2D eigenvalue weighted by molar-refractivity contribution is 4.76. The minimum atomic E-state index is -0.376. The highest BCUT2D eigenvalue weighted by atomic mass is 16.3. The molecule has 1 heteroatoms. The Bertz CT molecular complexity index is 212. The van der Waals surface area contributed by atoms with E-state index in [1.165, 1.54) is 70.6 Å². The van der Waals surface area contributed by atoms with Gasteiger partial charge in [-0.25, -0.2) is 0 Å². The van der Waals surface area contributed by atoms with Gasteiger partial charge < -0.3 is 5.11 Å². The summed E-state index contributed by atoms with van der Waals surface area (Å²) >= 11 is 0. The van der Waals surface area contributed by atoms with Crippen LogP contribution in [-0.4, -0.2) is 10.7 Å². The van der Waals surface area contributed by atoms with Gasteiger partial charge in [0.2, 0.25) is 0 Å². The van der Waals surface area contributed by atoms with Crippen LogP contribution in [0.2, 0.25) is 0 Å². The maximum absolute atomic E-state index is 10.5. The quantitative estimate of drug-likeness (QED) is 0.272. The van der Waals surface area contributed by atoms with Crippen LogP contribution >= 0.6 is 0 Å². The summed E-state index contributed by atoms with van der Waals surface area (Å²) in [5.74, 6) is 0. The van der Waals surface area contributed by atoms with Crippen molar-refractivity contribution < 1.29 is 5.11 Å². The predicted octanol–water partition coefficient (Wildman–Crippen LogP) is 6.40. The molecule has 0 fully saturated rings. The molecule has 0 saturated heterocycles. The first-order valence-electron chi connectivity index (χ1n) is 9.01. The molecule has 1 atom stereocenters. The average molecular weight is 283 g/mol. The summed E-state index contributed by atoms with van der Waals surface area (Å²) in [4.78, 5) is 0. The molecule has 0 aromatic carbocycles. The zero-order valence-corrected chi connectivity index (χ0v) is 14.1. The Balaban J connectivity index is 3.47.